The monoisotopic (exact) mass is 455 g/mol. The van der Waals surface area contributed by atoms with Crippen molar-refractivity contribution >= 4 is 11.6 Å². The quantitative estimate of drug-likeness (QED) is 0.604. The number of carbonyl (C=O) groups excluding carboxylic acids is 1. The summed E-state index contributed by atoms with van der Waals surface area (Å²) in [6, 6.07) is 13.4. The number of hydrogen-bond acceptors (Lipinski definition) is 5. The van der Waals surface area contributed by atoms with Crippen LogP contribution in [0.1, 0.15) is 46.2 Å². The lowest BCUT2D eigenvalue weighted by Gasteiger charge is -2.41. The summed E-state index contributed by atoms with van der Waals surface area (Å²) in [7, 11) is 0. The number of piperidine rings is 1. The number of aliphatic imine (C=N–C) groups is 1. The zero-order chi connectivity index (χ0) is 23.1. The standard InChI is InChI=1S/C27H26FN5O/c28-25-6-2-1-4-19(25)15-32-9-3-5-23(17-32)33-16-22-11-24-21(10-20(22)12-26(33)34)13-29-27(24)18-7-8-30-31-14-18/h1-2,4,6-8,10-11,14,23H,3,5,9,12-13,15-17H2/t23-/m1/s1. The molecular weight excluding hydrogens is 429 g/mol. The largest absolute Gasteiger partial charge is 0.334 e. The summed E-state index contributed by atoms with van der Waals surface area (Å²) < 4.78 is 14.2. The van der Waals surface area contributed by atoms with Gasteiger partial charge in [0.15, 0.2) is 0 Å². The fourth-order valence-electron chi connectivity index (χ4n) is 5.50. The molecule has 0 radical (unpaired) electrons. The lowest BCUT2D eigenvalue weighted by molar-refractivity contribution is -0.135. The van der Waals surface area contributed by atoms with Gasteiger partial charge in [-0.25, -0.2) is 4.39 Å². The summed E-state index contributed by atoms with van der Waals surface area (Å²) in [5.41, 5.74) is 7.24. The minimum Gasteiger partial charge on any atom is -0.334 e. The number of benzene rings is 2. The van der Waals surface area contributed by atoms with Crippen LogP contribution in [-0.2, 0) is 30.8 Å². The van der Waals surface area contributed by atoms with Crippen molar-refractivity contribution in [3.05, 3.63) is 94.1 Å². The van der Waals surface area contributed by atoms with Crippen molar-refractivity contribution in [3.8, 4) is 0 Å². The molecule has 172 valence electrons. The van der Waals surface area contributed by atoms with Gasteiger partial charge < -0.3 is 4.90 Å². The van der Waals surface area contributed by atoms with Crippen molar-refractivity contribution in [3.63, 3.8) is 0 Å². The highest BCUT2D eigenvalue weighted by Crippen LogP contribution is 2.31. The molecule has 4 heterocycles. The third-order valence-corrected chi connectivity index (χ3v) is 7.22. The molecule has 3 aliphatic rings. The Kier molecular flexibility index (Phi) is 5.41. The molecule has 2 aromatic carbocycles. The molecule has 1 atom stereocenters. The Hall–Kier alpha value is -3.45. The van der Waals surface area contributed by atoms with Crippen LogP contribution in [0.2, 0.25) is 0 Å². The highest BCUT2D eigenvalue weighted by molar-refractivity contribution is 6.15. The summed E-state index contributed by atoms with van der Waals surface area (Å²) in [5, 5.41) is 7.88. The van der Waals surface area contributed by atoms with E-state index in [4.69, 9.17) is 4.99 Å². The molecule has 1 saturated heterocycles. The van der Waals surface area contributed by atoms with Gasteiger partial charge in [0.2, 0.25) is 5.91 Å². The van der Waals surface area contributed by atoms with Gasteiger partial charge >= 0.3 is 0 Å². The molecule has 0 saturated carbocycles. The number of fused-ring (bicyclic) bond motifs is 2. The molecule has 0 unspecified atom stereocenters. The summed E-state index contributed by atoms with van der Waals surface area (Å²) in [6.07, 6.45) is 5.85. The van der Waals surface area contributed by atoms with Crippen LogP contribution in [0.3, 0.4) is 0 Å². The number of aromatic nitrogens is 2. The van der Waals surface area contributed by atoms with Crippen molar-refractivity contribution in [1.29, 1.82) is 0 Å². The highest BCUT2D eigenvalue weighted by atomic mass is 19.1. The van der Waals surface area contributed by atoms with Crippen LogP contribution in [-0.4, -0.2) is 50.7 Å². The Morgan fingerprint density at radius 3 is 2.82 bits per heavy atom. The van der Waals surface area contributed by atoms with E-state index < -0.39 is 0 Å². The SMILES string of the molecule is O=C1Cc2cc3c(cc2CN1[C@@H]1CCCN(Cc2ccccc2F)C1)C(c1ccnnc1)=NC3. The van der Waals surface area contributed by atoms with Gasteiger partial charge in [0.05, 0.1) is 31.1 Å². The van der Waals surface area contributed by atoms with Crippen molar-refractivity contribution in [1.82, 2.24) is 20.0 Å². The normalized spacial score (nSPS) is 20.1. The fourth-order valence-corrected chi connectivity index (χ4v) is 5.50. The molecule has 1 fully saturated rings. The minimum absolute atomic E-state index is 0.145. The minimum atomic E-state index is -0.164. The number of rotatable bonds is 4. The van der Waals surface area contributed by atoms with Gasteiger partial charge in [0, 0.05) is 42.4 Å². The third-order valence-electron chi connectivity index (χ3n) is 7.22. The number of amides is 1. The van der Waals surface area contributed by atoms with Crippen molar-refractivity contribution in [2.24, 2.45) is 4.99 Å². The summed E-state index contributed by atoms with van der Waals surface area (Å²) >= 11 is 0. The number of hydrogen-bond donors (Lipinski definition) is 0. The van der Waals surface area contributed by atoms with Gasteiger partial charge in [-0.2, -0.15) is 10.2 Å². The molecule has 0 aliphatic carbocycles. The third kappa shape index (κ3) is 3.90. The average Bonchev–Trinajstić information content (AvgIpc) is 3.27. The maximum atomic E-state index is 14.2. The van der Waals surface area contributed by atoms with Crippen molar-refractivity contribution in [2.45, 2.75) is 44.9 Å². The fraction of sp³-hybridized carbons (Fsp3) is 0.333. The molecule has 0 spiro atoms. The van der Waals surface area contributed by atoms with Crippen LogP contribution < -0.4 is 0 Å². The topological polar surface area (TPSA) is 61.7 Å². The summed E-state index contributed by atoms with van der Waals surface area (Å²) in [6.45, 7) is 3.52. The van der Waals surface area contributed by atoms with E-state index in [2.05, 4.69) is 27.2 Å². The Labute approximate surface area is 198 Å². The molecule has 1 amide bonds. The first kappa shape index (κ1) is 21.1. The Balaban J connectivity index is 1.22. The zero-order valence-electron chi connectivity index (χ0n) is 19.0. The molecule has 7 heteroatoms. The maximum Gasteiger partial charge on any atom is 0.227 e. The molecule has 6 nitrogen and oxygen atoms in total. The molecule has 0 bridgehead atoms. The van der Waals surface area contributed by atoms with E-state index in [9.17, 15) is 9.18 Å². The van der Waals surface area contributed by atoms with Crippen LogP contribution >= 0.6 is 0 Å². The van der Waals surface area contributed by atoms with Gasteiger partial charge in [0.1, 0.15) is 5.82 Å². The van der Waals surface area contributed by atoms with Crippen LogP contribution in [0.4, 0.5) is 4.39 Å². The molecule has 3 aliphatic heterocycles. The van der Waals surface area contributed by atoms with E-state index in [-0.39, 0.29) is 17.8 Å². The Bertz CT molecular complexity index is 1280. The zero-order valence-corrected chi connectivity index (χ0v) is 19.0. The molecule has 6 rings (SSSR count). The molecule has 0 N–H and O–H groups in total. The molecule has 3 aromatic rings. The van der Waals surface area contributed by atoms with Gasteiger partial charge in [-0.1, -0.05) is 24.3 Å². The predicted molar refractivity (Wildman–Crippen MR) is 127 cm³/mol. The second-order valence-electron chi connectivity index (χ2n) is 9.40. The van der Waals surface area contributed by atoms with E-state index in [0.717, 1.165) is 48.3 Å². The first-order valence-electron chi connectivity index (χ1n) is 11.9. The maximum absolute atomic E-state index is 14.2. The molecule has 34 heavy (non-hydrogen) atoms. The summed E-state index contributed by atoms with van der Waals surface area (Å²) in [5.74, 6) is 0.0194. The summed E-state index contributed by atoms with van der Waals surface area (Å²) in [4.78, 5) is 22.2. The van der Waals surface area contributed by atoms with Crippen molar-refractivity contribution in [2.75, 3.05) is 13.1 Å². The second kappa shape index (κ2) is 8.72. The first-order valence-corrected chi connectivity index (χ1v) is 11.9. The first-order chi connectivity index (χ1) is 16.7. The highest BCUT2D eigenvalue weighted by Gasteiger charge is 2.33. The lowest BCUT2D eigenvalue weighted by Crippen LogP contribution is -2.51. The lowest BCUT2D eigenvalue weighted by atomic mass is 9.90. The number of nitrogens with zero attached hydrogens (tertiary/aromatic N) is 5. The van der Waals surface area contributed by atoms with Gasteiger partial charge in [-0.15, -0.1) is 0 Å². The van der Waals surface area contributed by atoms with E-state index >= 15 is 0 Å². The number of likely N-dealkylation sites (tertiary alicyclic amines) is 1. The smallest absolute Gasteiger partial charge is 0.227 e. The van der Waals surface area contributed by atoms with E-state index in [1.54, 1.807) is 18.5 Å². The number of halogens is 1. The second-order valence-corrected chi connectivity index (χ2v) is 9.40. The Morgan fingerprint density at radius 2 is 1.97 bits per heavy atom. The number of carbonyl (C=O) groups is 1. The molecular formula is C27H26FN5O. The molecule has 1 aromatic heterocycles. The van der Waals surface area contributed by atoms with E-state index in [1.165, 1.54) is 17.2 Å². The predicted octanol–water partition coefficient (Wildman–Crippen LogP) is 3.52. The van der Waals surface area contributed by atoms with Gasteiger partial charge in [0.25, 0.3) is 0 Å². The van der Waals surface area contributed by atoms with Crippen LogP contribution in [0.5, 0.6) is 0 Å². The van der Waals surface area contributed by atoms with E-state index in [1.807, 2.05) is 23.1 Å². The van der Waals surface area contributed by atoms with E-state index in [0.29, 0.717) is 31.6 Å². The Morgan fingerprint density at radius 1 is 1.06 bits per heavy atom. The average molecular weight is 456 g/mol. The van der Waals surface area contributed by atoms with Crippen LogP contribution in [0.25, 0.3) is 0 Å². The van der Waals surface area contributed by atoms with Gasteiger partial charge in [-0.05, 0) is 54.3 Å². The van der Waals surface area contributed by atoms with Crippen LogP contribution in [0, 0.1) is 5.82 Å². The van der Waals surface area contributed by atoms with Crippen molar-refractivity contribution < 1.29 is 9.18 Å². The van der Waals surface area contributed by atoms with Crippen LogP contribution in [0.15, 0.2) is 59.9 Å². The van der Waals surface area contributed by atoms with Gasteiger partial charge in [-0.3, -0.25) is 14.7 Å².